The molecule has 0 aliphatic carbocycles. The molecular weight excluding hydrogens is 249 g/mol. The molecule has 2 rings (SSSR count). The lowest BCUT2D eigenvalue weighted by atomic mass is 10.2. The predicted octanol–water partition coefficient (Wildman–Crippen LogP) is 3.40. The molecule has 2 nitrogen and oxygen atoms in total. The third kappa shape index (κ3) is 3.60. The number of hydrogen-bond acceptors (Lipinski definition) is 2. The molecule has 1 amide bonds. The molecule has 0 spiro atoms. The highest BCUT2D eigenvalue weighted by atomic mass is 32.2. The summed E-state index contributed by atoms with van der Waals surface area (Å²) in [6.45, 7) is 0. The van der Waals surface area contributed by atoms with Crippen LogP contribution in [-0.2, 0) is 5.75 Å². The number of hydrogen-bond donors (Lipinski definition) is 1. The van der Waals surface area contributed by atoms with E-state index in [9.17, 15) is 9.18 Å². The first-order valence-corrected chi connectivity index (χ1v) is 6.46. The summed E-state index contributed by atoms with van der Waals surface area (Å²) in [5.74, 6) is 0.235. The van der Waals surface area contributed by atoms with E-state index in [0.29, 0.717) is 11.3 Å². The topological polar surface area (TPSA) is 29.1 Å². The van der Waals surface area contributed by atoms with Gasteiger partial charge < -0.3 is 0 Å². The van der Waals surface area contributed by atoms with Crippen LogP contribution in [0.15, 0.2) is 54.6 Å². The quantitative estimate of drug-likeness (QED) is 0.855. The van der Waals surface area contributed by atoms with Crippen molar-refractivity contribution in [2.24, 2.45) is 0 Å². The second kappa shape index (κ2) is 6.21. The fraction of sp³-hybridized carbons (Fsp3) is 0.0714. The Morgan fingerprint density at radius 1 is 1.06 bits per heavy atom. The zero-order chi connectivity index (χ0) is 12.8. The zero-order valence-corrected chi connectivity index (χ0v) is 10.4. The molecule has 2 aromatic rings. The molecule has 0 saturated heterocycles. The summed E-state index contributed by atoms with van der Waals surface area (Å²) in [6.07, 6.45) is 0. The van der Waals surface area contributed by atoms with Gasteiger partial charge >= 0.3 is 0 Å². The Hall–Kier alpha value is -1.81. The summed E-state index contributed by atoms with van der Waals surface area (Å²) in [4.78, 5) is 11.7. The van der Waals surface area contributed by atoms with Crippen LogP contribution in [0.3, 0.4) is 0 Å². The van der Waals surface area contributed by atoms with Crippen LogP contribution >= 0.6 is 11.9 Å². The zero-order valence-electron chi connectivity index (χ0n) is 9.60. The van der Waals surface area contributed by atoms with Crippen molar-refractivity contribution < 1.29 is 9.18 Å². The van der Waals surface area contributed by atoms with Crippen LogP contribution in [0.4, 0.5) is 4.39 Å². The molecule has 4 heteroatoms. The normalized spacial score (nSPS) is 10.1. The van der Waals surface area contributed by atoms with Gasteiger partial charge in [0.15, 0.2) is 0 Å². The van der Waals surface area contributed by atoms with Crippen molar-refractivity contribution in [3.63, 3.8) is 0 Å². The largest absolute Gasteiger partial charge is 0.296 e. The first-order chi connectivity index (χ1) is 8.75. The van der Waals surface area contributed by atoms with Crippen molar-refractivity contribution in [3.05, 3.63) is 71.5 Å². The van der Waals surface area contributed by atoms with Crippen molar-refractivity contribution in [3.8, 4) is 0 Å². The highest BCUT2D eigenvalue weighted by Gasteiger charge is 2.03. The summed E-state index contributed by atoms with van der Waals surface area (Å²) in [5.41, 5.74) is 1.60. The summed E-state index contributed by atoms with van der Waals surface area (Å²) < 4.78 is 15.4. The third-order valence-corrected chi connectivity index (χ3v) is 3.16. The Bertz CT molecular complexity index is 513. The number of carbonyl (C=O) groups is 1. The smallest absolute Gasteiger partial charge is 0.261 e. The SMILES string of the molecule is O=C(NSCc1ccc(F)cc1)c1ccccc1. The average molecular weight is 261 g/mol. The van der Waals surface area contributed by atoms with E-state index in [1.807, 2.05) is 18.2 Å². The van der Waals surface area contributed by atoms with E-state index in [-0.39, 0.29) is 11.7 Å². The van der Waals surface area contributed by atoms with E-state index in [0.717, 1.165) is 5.56 Å². The van der Waals surface area contributed by atoms with Crippen LogP contribution in [-0.4, -0.2) is 5.91 Å². The van der Waals surface area contributed by atoms with Gasteiger partial charge in [0.05, 0.1) is 0 Å². The average Bonchev–Trinajstić information content (AvgIpc) is 2.42. The van der Waals surface area contributed by atoms with Crippen molar-refractivity contribution in [1.29, 1.82) is 0 Å². The van der Waals surface area contributed by atoms with Gasteiger partial charge in [-0.05, 0) is 41.8 Å². The maximum absolute atomic E-state index is 12.7. The summed E-state index contributed by atoms with van der Waals surface area (Å²) in [6, 6.07) is 15.3. The number of halogens is 1. The lowest BCUT2D eigenvalue weighted by molar-refractivity contribution is 0.0984. The summed E-state index contributed by atoms with van der Waals surface area (Å²) in [7, 11) is 0. The van der Waals surface area contributed by atoms with Gasteiger partial charge in [0, 0.05) is 11.3 Å². The molecule has 18 heavy (non-hydrogen) atoms. The second-order valence-electron chi connectivity index (χ2n) is 3.71. The van der Waals surface area contributed by atoms with Crippen molar-refractivity contribution in [2.75, 3.05) is 0 Å². The van der Waals surface area contributed by atoms with Crippen LogP contribution in [0.25, 0.3) is 0 Å². The Labute approximate surface area is 109 Å². The fourth-order valence-electron chi connectivity index (χ4n) is 1.41. The molecule has 0 heterocycles. The Morgan fingerprint density at radius 3 is 2.39 bits per heavy atom. The Kier molecular flexibility index (Phi) is 4.36. The lowest BCUT2D eigenvalue weighted by Crippen LogP contribution is -2.15. The van der Waals surface area contributed by atoms with Crippen LogP contribution in [0.5, 0.6) is 0 Å². The summed E-state index contributed by atoms with van der Waals surface area (Å²) in [5, 5.41) is 0. The summed E-state index contributed by atoms with van der Waals surface area (Å²) >= 11 is 1.29. The number of carbonyl (C=O) groups excluding carboxylic acids is 1. The molecule has 0 aliphatic heterocycles. The van der Waals surface area contributed by atoms with Crippen LogP contribution in [0.2, 0.25) is 0 Å². The molecule has 0 unspecified atom stereocenters. The van der Waals surface area contributed by atoms with Gasteiger partial charge in [-0.25, -0.2) is 4.39 Å². The van der Waals surface area contributed by atoms with Gasteiger partial charge in [-0.2, -0.15) is 0 Å². The Morgan fingerprint density at radius 2 is 1.72 bits per heavy atom. The highest BCUT2D eigenvalue weighted by molar-refractivity contribution is 7.97. The molecule has 0 aliphatic rings. The van der Waals surface area contributed by atoms with Gasteiger partial charge in [0.2, 0.25) is 0 Å². The highest BCUT2D eigenvalue weighted by Crippen LogP contribution is 2.11. The molecule has 2 aromatic carbocycles. The molecule has 1 N–H and O–H groups in total. The van der Waals surface area contributed by atoms with Crippen molar-refractivity contribution in [1.82, 2.24) is 4.72 Å². The molecule has 92 valence electrons. The third-order valence-electron chi connectivity index (χ3n) is 2.35. The molecule has 0 saturated carbocycles. The van der Waals surface area contributed by atoms with E-state index in [1.165, 1.54) is 24.1 Å². The first kappa shape index (κ1) is 12.6. The van der Waals surface area contributed by atoms with Crippen LogP contribution in [0.1, 0.15) is 15.9 Å². The van der Waals surface area contributed by atoms with Crippen molar-refractivity contribution >= 4 is 17.9 Å². The maximum atomic E-state index is 12.7. The minimum atomic E-state index is -0.253. The van der Waals surface area contributed by atoms with Gasteiger partial charge in [-0.15, -0.1) is 0 Å². The second-order valence-corrected chi connectivity index (χ2v) is 4.49. The van der Waals surface area contributed by atoms with E-state index < -0.39 is 0 Å². The lowest BCUT2D eigenvalue weighted by Gasteiger charge is -2.04. The molecular formula is C14H12FNOS. The van der Waals surface area contributed by atoms with E-state index in [4.69, 9.17) is 0 Å². The molecule has 0 aromatic heterocycles. The first-order valence-electron chi connectivity index (χ1n) is 5.47. The minimum Gasteiger partial charge on any atom is -0.296 e. The Balaban J connectivity index is 1.82. The van der Waals surface area contributed by atoms with Crippen molar-refractivity contribution in [2.45, 2.75) is 5.75 Å². The fourth-order valence-corrected chi connectivity index (χ4v) is 2.09. The molecule has 0 radical (unpaired) electrons. The molecule has 0 bridgehead atoms. The van der Waals surface area contributed by atoms with Gasteiger partial charge in [-0.1, -0.05) is 30.3 Å². The molecule has 0 fully saturated rings. The van der Waals surface area contributed by atoms with Crippen LogP contribution in [0, 0.1) is 5.82 Å². The minimum absolute atomic E-state index is 0.122. The standard InChI is InChI=1S/C14H12FNOS/c15-13-8-6-11(7-9-13)10-18-16-14(17)12-4-2-1-3-5-12/h1-9H,10H2,(H,16,17). The predicted molar refractivity (Wildman–Crippen MR) is 71.6 cm³/mol. The van der Waals surface area contributed by atoms with Gasteiger partial charge in [-0.3, -0.25) is 9.52 Å². The van der Waals surface area contributed by atoms with Crippen LogP contribution < -0.4 is 4.72 Å². The van der Waals surface area contributed by atoms with E-state index in [1.54, 1.807) is 24.3 Å². The molecule has 0 atom stereocenters. The maximum Gasteiger partial charge on any atom is 0.261 e. The number of benzene rings is 2. The van der Waals surface area contributed by atoms with Gasteiger partial charge in [0.25, 0.3) is 5.91 Å². The number of rotatable bonds is 4. The van der Waals surface area contributed by atoms with E-state index in [2.05, 4.69) is 4.72 Å². The number of nitrogens with one attached hydrogen (secondary N) is 1. The van der Waals surface area contributed by atoms with E-state index >= 15 is 0 Å². The van der Waals surface area contributed by atoms with Gasteiger partial charge in [0.1, 0.15) is 5.82 Å². The monoisotopic (exact) mass is 261 g/mol. The number of amides is 1.